The maximum Gasteiger partial charge on any atom is 0.336 e. The Morgan fingerprint density at radius 1 is 1.53 bits per heavy atom. The molecular formula is C11H17NO4S. The van der Waals surface area contributed by atoms with Crippen molar-refractivity contribution in [2.75, 3.05) is 12.9 Å². The van der Waals surface area contributed by atoms with Crippen molar-refractivity contribution >= 4 is 23.7 Å². The topological polar surface area (TPSA) is 89.6 Å². The van der Waals surface area contributed by atoms with E-state index in [4.69, 9.17) is 10.8 Å². The molecule has 17 heavy (non-hydrogen) atoms. The first-order valence-corrected chi connectivity index (χ1v) is 6.51. The fourth-order valence-corrected chi connectivity index (χ4v) is 3.00. The summed E-state index contributed by atoms with van der Waals surface area (Å²) in [6.07, 6.45) is 2.45. The maximum absolute atomic E-state index is 11.3. The molecule has 0 fully saturated rings. The minimum atomic E-state index is -0.775. The number of unbranched alkanes of at least 4 members (excludes halogenated alkanes) is 1. The Bertz CT molecular complexity index is 340. The van der Waals surface area contributed by atoms with Crippen molar-refractivity contribution in [1.82, 2.24) is 0 Å². The number of carboxylic acids is 1. The Kier molecular flexibility index (Phi) is 5.34. The van der Waals surface area contributed by atoms with Crippen LogP contribution in [0.25, 0.3) is 0 Å². The van der Waals surface area contributed by atoms with Crippen LogP contribution in [0.15, 0.2) is 11.3 Å². The molecule has 0 saturated heterocycles. The van der Waals surface area contributed by atoms with Crippen LogP contribution in [0.3, 0.4) is 0 Å². The van der Waals surface area contributed by atoms with E-state index in [0.29, 0.717) is 23.4 Å². The van der Waals surface area contributed by atoms with E-state index in [1.807, 2.05) is 0 Å². The van der Waals surface area contributed by atoms with Gasteiger partial charge in [-0.3, -0.25) is 4.79 Å². The number of ether oxygens (including phenoxy) is 1. The van der Waals surface area contributed by atoms with Gasteiger partial charge in [-0.2, -0.15) is 0 Å². The van der Waals surface area contributed by atoms with Gasteiger partial charge in [0.25, 0.3) is 0 Å². The van der Waals surface area contributed by atoms with E-state index in [9.17, 15) is 9.59 Å². The van der Waals surface area contributed by atoms with Crippen LogP contribution >= 0.6 is 11.8 Å². The van der Waals surface area contributed by atoms with Crippen molar-refractivity contribution < 1.29 is 19.4 Å². The Labute approximate surface area is 104 Å². The normalized spacial score (nSPS) is 19.5. The quantitative estimate of drug-likeness (QED) is 0.549. The highest BCUT2D eigenvalue weighted by molar-refractivity contribution is 8.00. The lowest BCUT2D eigenvalue weighted by molar-refractivity contribution is -0.137. The second-order valence-corrected chi connectivity index (χ2v) is 5.06. The first kappa shape index (κ1) is 13.9. The molecule has 0 aromatic heterocycles. The molecule has 0 aromatic rings. The largest absolute Gasteiger partial charge is 0.481 e. The molecule has 1 unspecified atom stereocenters. The summed E-state index contributed by atoms with van der Waals surface area (Å²) in [6.45, 7) is 0. The van der Waals surface area contributed by atoms with Gasteiger partial charge >= 0.3 is 11.9 Å². The Balaban J connectivity index is 2.39. The molecule has 1 aliphatic heterocycles. The third-order valence-corrected chi connectivity index (χ3v) is 4.01. The van der Waals surface area contributed by atoms with Crippen molar-refractivity contribution in [3.63, 3.8) is 0 Å². The number of carbonyl (C=O) groups excluding carboxylic acids is 1. The van der Waals surface area contributed by atoms with Crippen molar-refractivity contribution in [1.29, 1.82) is 0 Å². The summed E-state index contributed by atoms with van der Waals surface area (Å²) in [5.41, 5.74) is 7.03. The van der Waals surface area contributed by atoms with Gasteiger partial charge < -0.3 is 15.6 Å². The zero-order chi connectivity index (χ0) is 12.8. The summed E-state index contributed by atoms with van der Waals surface area (Å²) >= 11 is 1.61. The lowest BCUT2D eigenvalue weighted by Crippen LogP contribution is -2.15. The first-order valence-electron chi connectivity index (χ1n) is 5.46. The molecule has 1 heterocycles. The van der Waals surface area contributed by atoms with Crippen LogP contribution in [-0.2, 0) is 14.3 Å². The number of aliphatic carboxylic acids is 1. The van der Waals surface area contributed by atoms with Gasteiger partial charge in [-0.15, -0.1) is 11.8 Å². The average molecular weight is 259 g/mol. The zero-order valence-corrected chi connectivity index (χ0v) is 10.6. The van der Waals surface area contributed by atoms with Gasteiger partial charge in [0.15, 0.2) is 0 Å². The average Bonchev–Trinajstić information content (AvgIpc) is 2.65. The lowest BCUT2D eigenvalue weighted by atomic mass is 10.1. The Morgan fingerprint density at radius 2 is 2.24 bits per heavy atom. The van der Waals surface area contributed by atoms with E-state index >= 15 is 0 Å². The highest BCUT2D eigenvalue weighted by Gasteiger charge is 2.28. The molecule has 0 aliphatic carbocycles. The number of esters is 1. The predicted octanol–water partition coefficient (Wildman–Crippen LogP) is 1.13. The van der Waals surface area contributed by atoms with Crippen molar-refractivity contribution in [2.24, 2.45) is 5.73 Å². The highest BCUT2D eigenvalue weighted by Crippen LogP contribution is 2.33. The molecule has 6 heteroatoms. The lowest BCUT2D eigenvalue weighted by Gasteiger charge is -2.09. The van der Waals surface area contributed by atoms with Gasteiger partial charge in [-0.25, -0.2) is 4.79 Å². The molecule has 5 nitrogen and oxygen atoms in total. The van der Waals surface area contributed by atoms with Crippen LogP contribution in [0.1, 0.15) is 25.7 Å². The minimum Gasteiger partial charge on any atom is -0.481 e. The summed E-state index contributed by atoms with van der Waals surface area (Å²) in [5.74, 6) is -0.548. The maximum atomic E-state index is 11.3. The second-order valence-electron chi connectivity index (χ2n) is 3.86. The van der Waals surface area contributed by atoms with E-state index in [1.165, 1.54) is 7.11 Å². The zero-order valence-electron chi connectivity index (χ0n) is 9.77. The minimum absolute atomic E-state index is 0.123. The summed E-state index contributed by atoms with van der Waals surface area (Å²) in [5, 5.41) is 8.63. The number of carbonyl (C=O) groups is 2. The van der Waals surface area contributed by atoms with Crippen molar-refractivity contribution in [2.45, 2.75) is 30.9 Å². The molecule has 1 aliphatic rings. The number of hydrogen-bond acceptors (Lipinski definition) is 5. The molecule has 0 saturated carbocycles. The fraction of sp³-hybridized carbons (Fsp3) is 0.636. The van der Waals surface area contributed by atoms with Gasteiger partial charge in [-0.1, -0.05) is 6.42 Å². The molecule has 0 aromatic carbocycles. The molecule has 0 spiro atoms. The number of hydrogen-bond donors (Lipinski definition) is 2. The molecular weight excluding hydrogens is 242 g/mol. The molecule has 0 bridgehead atoms. The highest BCUT2D eigenvalue weighted by atomic mass is 32.2. The van der Waals surface area contributed by atoms with Gasteiger partial charge in [0.1, 0.15) is 0 Å². The number of rotatable bonds is 6. The van der Waals surface area contributed by atoms with Gasteiger partial charge in [-0.05, 0) is 12.8 Å². The summed E-state index contributed by atoms with van der Waals surface area (Å²) in [7, 11) is 1.34. The van der Waals surface area contributed by atoms with E-state index in [1.54, 1.807) is 11.8 Å². The predicted molar refractivity (Wildman–Crippen MR) is 65.6 cm³/mol. The summed E-state index contributed by atoms with van der Waals surface area (Å²) in [6, 6.07) is 0. The van der Waals surface area contributed by atoms with Gasteiger partial charge in [0.2, 0.25) is 0 Å². The monoisotopic (exact) mass is 259 g/mol. The molecule has 3 N–H and O–H groups in total. The first-order chi connectivity index (χ1) is 8.06. The van der Waals surface area contributed by atoms with E-state index in [-0.39, 0.29) is 17.6 Å². The fourth-order valence-electron chi connectivity index (χ4n) is 1.70. The number of carboxylic acid groups (broad SMARTS) is 1. The SMILES string of the molecule is COC(=O)C1=C(N)C(CCCCC(=O)O)SC1. The van der Waals surface area contributed by atoms with Crippen molar-refractivity contribution in [3.05, 3.63) is 11.3 Å². The molecule has 0 radical (unpaired) electrons. The third-order valence-electron chi connectivity index (χ3n) is 2.66. The van der Waals surface area contributed by atoms with E-state index in [2.05, 4.69) is 4.74 Å². The van der Waals surface area contributed by atoms with Crippen LogP contribution in [0.2, 0.25) is 0 Å². The smallest absolute Gasteiger partial charge is 0.336 e. The molecule has 0 amide bonds. The van der Waals surface area contributed by atoms with E-state index in [0.717, 1.165) is 12.8 Å². The van der Waals surface area contributed by atoms with Crippen molar-refractivity contribution in [3.8, 4) is 0 Å². The van der Waals surface area contributed by atoms with Crippen LogP contribution < -0.4 is 5.73 Å². The van der Waals surface area contributed by atoms with Crippen LogP contribution in [-0.4, -0.2) is 35.2 Å². The summed E-state index contributed by atoms with van der Waals surface area (Å²) in [4.78, 5) is 21.7. The summed E-state index contributed by atoms with van der Waals surface area (Å²) < 4.78 is 4.64. The molecule has 1 atom stereocenters. The second kappa shape index (κ2) is 6.54. The third kappa shape index (κ3) is 3.96. The standard InChI is InChI=1S/C11H17NO4S/c1-16-11(15)7-6-17-8(10(7)12)4-2-3-5-9(13)14/h8H,2-6,12H2,1H3,(H,13,14). The van der Waals surface area contributed by atoms with Gasteiger partial charge in [0, 0.05) is 23.1 Å². The Hall–Kier alpha value is -1.17. The van der Waals surface area contributed by atoms with Crippen LogP contribution in [0, 0.1) is 0 Å². The van der Waals surface area contributed by atoms with Crippen LogP contribution in [0.4, 0.5) is 0 Å². The number of thioether (sulfide) groups is 1. The molecule has 1 rings (SSSR count). The number of nitrogens with two attached hydrogens (primary N) is 1. The van der Waals surface area contributed by atoms with Gasteiger partial charge in [0.05, 0.1) is 12.7 Å². The Morgan fingerprint density at radius 3 is 2.82 bits per heavy atom. The van der Waals surface area contributed by atoms with Crippen LogP contribution in [0.5, 0.6) is 0 Å². The van der Waals surface area contributed by atoms with E-state index < -0.39 is 5.97 Å². The molecule has 96 valence electrons. The number of methoxy groups -OCH3 is 1.